The van der Waals surface area contributed by atoms with Gasteiger partial charge in [-0.05, 0) is 12.1 Å². The molecule has 1 aromatic carbocycles. The average molecular weight is 229 g/mol. The van der Waals surface area contributed by atoms with Crippen molar-refractivity contribution >= 4 is 33.4 Å². The predicted molar refractivity (Wildman–Crippen MR) is 44.8 cm³/mol. The molecule has 0 saturated heterocycles. The summed E-state index contributed by atoms with van der Waals surface area (Å²) in [4.78, 5) is -0.673. The molecule has 6 heteroatoms. The topological polar surface area (TPSA) is 34.1 Å². The van der Waals surface area contributed by atoms with Gasteiger partial charge in [0.05, 0.1) is 10.0 Å². The van der Waals surface area contributed by atoms with Gasteiger partial charge in [0.1, 0.15) is 4.90 Å². The molecular formula is C6H3Cl2FO2S. The predicted octanol–water partition coefficient (Wildman–Crippen LogP) is 2.65. The lowest BCUT2D eigenvalue weighted by molar-refractivity contribution is 0.552. The summed E-state index contributed by atoms with van der Waals surface area (Å²) in [5.41, 5.74) is 0. The summed E-state index contributed by atoms with van der Waals surface area (Å²) >= 11 is 10.8. The van der Waals surface area contributed by atoms with Crippen LogP contribution in [0.2, 0.25) is 10.0 Å². The molecule has 0 saturated carbocycles. The maximum absolute atomic E-state index is 12.4. The fraction of sp³-hybridized carbons (Fsp3) is 0. The minimum atomic E-state index is -4.83. The Bertz CT molecular complexity index is 382. The van der Waals surface area contributed by atoms with Crippen LogP contribution in [-0.4, -0.2) is 8.42 Å². The first-order chi connectivity index (χ1) is 5.43. The summed E-state index contributed by atoms with van der Waals surface area (Å²) < 4.78 is 33.3. The SMILES string of the molecule is O=S(=O)(F)c1c(Cl)cccc1Cl. The molecule has 0 amide bonds. The number of halogens is 3. The highest BCUT2D eigenvalue weighted by molar-refractivity contribution is 7.86. The summed E-state index contributed by atoms with van der Waals surface area (Å²) in [6.45, 7) is 0. The van der Waals surface area contributed by atoms with Crippen molar-refractivity contribution in [3.05, 3.63) is 28.2 Å². The fourth-order valence-corrected chi connectivity index (χ4v) is 2.27. The van der Waals surface area contributed by atoms with Crippen LogP contribution in [0.15, 0.2) is 23.1 Å². The monoisotopic (exact) mass is 228 g/mol. The van der Waals surface area contributed by atoms with E-state index in [2.05, 4.69) is 0 Å². The second-order valence-corrected chi connectivity index (χ2v) is 4.09. The molecule has 0 aliphatic carbocycles. The van der Waals surface area contributed by atoms with Crippen LogP contribution in [0.4, 0.5) is 3.89 Å². The quantitative estimate of drug-likeness (QED) is 0.693. The second-order valence-electron chi connectivity index (χ2n) is 1.99. The van der Waals surface area contributed by atoms with E-state index in [1.165, 1.54) is 18.2 Å². The first kappa shape index (κ1) is 9.77. The molecule has 1 aromatic rings. The molecule has 0 unspecified atom stereocenters. The fourth-order valence-electron chi connectivity index (χ4n) is 0.715. The Labute approximate surface area is 79.1 Å². The molecule has 0 spiro atoms. The summed E-state index contributed by atoms with van der Waals surface area (Å²) in [7, 11) is -4.83. The minimum Gasteiger partial charge on any atom is -0.189 e. The molecule has 0 aliphatic heterocycles. The van der Waals surface area contributed by atoms with Gasteiger partial charge >= 0.3 is 10.2 Å². The lowest BCUT2D eigenvalue weighted by Gasteiger charge is -1.99. The molecule has 0 atom stereocenters. The van der Waals surface area contributed by atoms with Crippen molar-refractivity contribution in [3.63, 3.8) is 0 Å². The van der Waals surface area contributed by atoms with Gasteiger partial charge in [0.15, 0.2) is 0 Å². The van der Waals surface area contributed by atoms with Crippen molar-refractivity contribution in [2.45, 2.75) is 4.90 Å². The van der Waals surface area contributed by atoms with Crippen LogP contribution in [0.5, 0.6) is 0 Å². The van der Waals surface area contributed by atoms with Crippen molar-refractivity contribution in [2.24, 2.45) is 0 Å². The molecule has 12 heavy (non-hydrogen) atoms. The Morgan fingerprint density at radius 2 is 1.58 bits per heavy atom. The van der Waals surface area contributed by atoms with E-state index in [-0.39, 0.29) is 10.0 Å². The molecule has 1 rings (SSSR count). The summed E-state index contributed by atoms with van der Waals surface area (Å²) in [5, 5.41) is -0.435. The highest BCUT2D eigenvalue weighted by Crippen LogP contribution is 2.29. The van der Waals surface area contributed by atoms with E-state index in [0.717, 1.165) is 0 Å². The normalized spacial score (nSPS) is 11.6. The van der Waals surface area contributed by atoms with E-state index < -0.39 is 15.1 Å². The Morgan fingerprint density at radius 3 is 1.83 bits per heavy atom. The summed E-state index contributed by atoms with van der Waals surface area (Å²) in [6.07, 6.45) is 0. The van der Waals surface area contributed by atoms with Crippen molar-refractivity contribution < 1.29 is 12.3 Å². The van der Waals surface area contributed by atoms with Gasteiger partial charge in [-0.2, -0.15) is 8.42 Å². The van der Waals surface area contributed by atoms with Gasteiger partial charge in [-0.15, -0.1) is 3.89 Å². The third-order valence-electron chi connectivity index (χ3n) is 1.16. The molecule has 0 radical (unpaired) electrons. The van der Waals surface area contributed by atoms with Crippen LogP contribution in [0.1, 0.15) is 0 Å². The van der Waals surface area contributed by atoms with Crippen molar-refractivity contribution in [1.29, 1.82) is 0 Å². The molecule has 0 heterocycles. The maximum Gasteiger partial charge on any atom is 0.335 e. The highest BCUT2D eigenvalue weighted by atomic mass is 35.5. The first-order valence-electron chi connectivity index (χ1n) is 2.81. The third-order valence-corrected chi connectivity index (χ3v) is 2.94. The molecule has 0 aromatic heterocycles. The zero-order chi connectivity index (χ0) is 9.35. The van der Waals surface area contributed by atoms with Crippen LogP contribution < -0.4 is 0 Å². The van der Waals surface area contributed by atoms with E-state index >= 15 is 0 Å². The number of hydrogen-bond acceptors (Lipinski definition) is 2. The van der Waals surface area contributed by atoms with Gasteiger partial charge in [-0.1, -0.05) is 29.3 Å². The Hall–Kier alpha value is -0.320. The first-order valence-corrected chi connectivity index (χ1v) is 4.95. The molecule has 2 nitrogen and oxygen atoms in total. The Balaban J connectivity index is 3.53. The molecular weight excluding hydrogens is 226 g/mol. The lowest BCUT2D eigenvalue weighted by atomic mass is 10.4. The lowest BCUT2D eigenvalue weighted by Crippen LogP contribution is -1.93. The Morgan fingerprint density at radius 1 is 1.17 bits per heavy atom. The van der Waals surface area contributed by atoms with Crippen LogP contribution in [0.3, 0.4) is 0 Å². The molecule has 0 fully saturated rings. The van der Waals surface area contributed by atoms with E-state index in [9.17, 15) is 12.3 Å². The van der Waals surface area contributed by atoms with Gasteiger partial charge < -0.3 is 0 Å². The average Bonchev–Trinajstić information content (AvgIpc) is 1.82. The van der Waals surface area contributed by atoms with Gasteiger partial charge in [0.25, 0.3) is 0 Å². The smallest absolute Gasteiger partial charge is 0.189 e. The van der Waals surface area contributed by atoms with Crippen LogP contribution in [-0.2, 0) is 10.2 Å². The van der Waals surface area contributed by atoms with Crippen LogP contribution in [0.25, 0.3) is 0 Å². The summed E-state index contributed by atoms with van der Waals surface area (Å²) in [6, 6.07) is 3.93. The van der Waals surface area contributed by atoms with Crippen molar-refractivity contribution in [2.75, 3.05) is 0 Å². The van der Waals surface area contributed by atoms with Gasteiger partial charge in [-0.3, -0.25) is 0 Å². The van der Waals surface area contributed by atoms with Crippen molar-refractivity contribution in [1.82, 2.24) is 0 Å². The zero-order valence-electron chi connectivity index (χ0n) is 5.59. The van der Waals surface area contributed by atoms with Gasteiger partial charge in [0.2, 0.25) is 0 Å². The summed E-state index contributed by atoms with van der Waals surface area (Å²) in [5.74, 6) is 0. The van der Waals surface area contributed by atoms with E-state index in [1.807, 2.05) is 0 Å². The standard InChI is InChI=1S/C6H3Cl2FO2S/c7-4-2-1-3-5(8)6(4)12(9,10)11/h1-3H. The molecule has 0 bridgehead atoms. The minimum absolute atomic E-state index is 0.218. The van der Waals surface area contributed by atoms with E-state index in [1.54, 1.807) is 0 Å². The molecule has 0 N–H and O–H groups in total. The largest absolute Gasteiger partial charge is 0.335 e. The number of rotatable bonds is 1. The number of hydrogen-bond donors (Lipinski definition) is 0. The van der Waals surface area contributed by atoms with Crippen LogP contribution in [0, 0.1) is 0 Å². The second kappa shape index (κ2) is 3.20. The Kier molecular flexibility index (Phi) is 2.61. The highest BCUT2D eigenvalue weighted by Gasteiger charge is 2.19. The maximum atomic E-state index is 12.4. The van der Waals surface area contributed by atoms with Gasteiger partial charge in [0, 0.05) is 0 Å². The van der Waals surface area contributed by atoms with E-state index in [4.69, 9.17) is 23.2 Å². The molecule has 0 aliphatic rings. The zero-order valence-corrected chi connectivity index (χ0v) is 7.92. The van der Waals surface area contributed by atoms with Gasteiger partial charge in [-0.25, -0.2) is 0 Å². The number of benzene rings is 1. The third kappa shape index (κ3) is 1.88. The molecule has 66 valence electrons. The van der Waals surface area contributed by atoms with Crippen LogP contribution >= 0.6 is 23.2 Å². The van der Waals surface area contributed by atoms with E-state index in [0.29, 0.717) is 0 Å². The van der Waals surface area contributed by atoms with Crippen molar-refractivity contribution in [3.8, 4) is 0 Å².